The molecule has 1 aliphatic heterocycles. The molecule has 120 valence electrons. The zero-order chi connectivity index (χ0) is 16.5. The van der Waals surface area contributed by atoms with Crippen LogP contribution in [0.2, 0.25) is 0 Å². The number of nitrogens with zero attached hydrogens (tertiary/aromatic N) is 4. The molecule has 1 atom stereocenters. The lowest BCUT2D eigenvalue weighted by Gasteiger charge is -2.23. The number of anilines is 1. The normalized spacial score (nSPS) is 16.2. The molecule has 3 aromatic rings. The first-order valence-corrected chi connectivity index (χ1v) is 8.65. The molecule has 5 nitrogen and oxygen atoms in total. The van der Waals surface area contributed by atoms with Crippen LogP contribution in [0.25, 0.3) is 5.70 Å². The van der Waals surface area contributed by atoms with Crippen LogP contribution in [0.4, 0.5) is 5.95 Å². The second kappa shape index (κ2) is 6.20. The summed E-state index contributed by atoms with van der Waals surface area (Å²) in [5.74, 6) is 0.653. The van der Waals surface area contributed by atoms with Crippen molar-refractivity contribution in [3.8, 4) is 0 Å². The lowest BCUT2D eigenvalue weighted by Crippen LogP contribution is -2.20. The first kappa shape index (κ1) is 15.1. The zero-order valence-electron chi connectivity index (χ0n) is 13.1. The van der Waals surface area contributed by atoms with E-state index in [2.05, 4.69) is 86.2 Å². The van der Waals surface area contributed by atoms with Crippen molar-refractivity contribution in [2.75, 3.05) is 5.32 Å². The van der Waals surface area contributed by atoms with Gasteiger partial charge in [0, 0.05) is 10.2 Å². The van der Waals surface area contributed by atoms with Crippen LogP contribution < -0.4 is 5.32 Å². The van der Waals surface area contributed by atoms with Gasteiger partial charge in [-0.05, 0) is 51.7 Å². The van der Waals surface area contributed by atoms with Gasteiger partial charge in [0.15, 0.2) is 0 Å². The third kappa shape index (κ3) is 2.73. The molecule has 2 aromatic carbocycles. The van der Waals surface area contributed by atoms with Gasteiger partial charge in [-0.25, -0.2) is 0 Å². The van der Waals surface area contributed by atoms with Crippen LogP contribution in [-0.4, -0.2) is 20.2 Å². The smallest absolute Gasteiger partial charge is 0.248 e. The molecule has 0 saturated heterocycles. The number of hydrogen-bond donors (Lipinski definition) is 1. The molecule has 0 amide bonds. The zero-order valence-corrected chi connectivity index (χ0v) is 14.7. The van der Waals surface area contributed by atoms with Gasteiger partial charge in [0.05, 0.1) is 0 Å². The SMILES string of the molecule is CCc1ccc(C2=C[C@H](c3ccc(Br)cc3)n3nnnc3N2)cc1. The van der Waals surface area contributed by atoms with Crippen molar-refractivity contribution in [3.63, 3.8) is 0 Å². The van der Waals surface area contributed by atoms with E-state index in [1.807, 2.05) is 12.1 Å². The van der Waals surface area contributed by atoms with Crippen LogP contribution in [-0.2, 0) is 6.42 Å². The van der Waals surface area contributed by atoms with E-state index in [1.165, 1.54) is 5.56 Å². The standard InChI is InChI=1S/C18H16BrN5/c1-2-12-3-5-13(6-4-12)16-11-17(14-7-9-15(19)10-8-14)24-18(20-16)21-22-23-24/h3-11,17H,2H2,1H3,(H,20,21,23)/t17-/m1/s1. The summed E-state index contributed by atoms with van der Waals surface area (Å²) >= 11 is 3.48. The van der Waals surface area contributed by atoms with Crippen LogP contribution in [0, 0.1) is 0 Å². The molecule has 4 rings (SSSR count). The highest BCUT2D eigenvalue weighted by Gasteiger charge is 2.24. The minimum Gasteiger partial charge on any atom is -0.323 e. The monoisotopic (exact) mass is 381 g/mol. The molecule has 1 aromatic heterocycles. The van der Waals surface area contributed by atoms with E-state index in [1.54, 1.807) is 4.68 Å². The number of rotatable bonds is 3. The molecule has 24 heavy (non-hydrogen) atoms. The minimum atomic E-state index is -0.0369. The number of halogens is 1. The van der Waals surface area contributed by atoms with E-state index >= 15 is 0 Å². The van der Waals surface area contributed by atoms with Crippen molar-refractivity contribution in [2.45, 2.75) is 19.4 Å². The number of nitrogens with one attached hydrogen (secondary N) is 1. The Balaban J connectivity index is 1.76. The first-order valence-electron chi connectivity index (χ1n) is 7.86. The van der Waals surface area contributed by atoms with E-state index in [0.717, 1.165) is 27.7 Å². The van der Waals surface area contributed by atoms with Gasteiger partial charge in [0.2, 0.25) is 5.95 Å². The van der Waals surface area contributed by atoms with E-state index in [-0.39, 0.29) is 6.04 Å². The van der Waals surface area contributed by atoms with Gasteiger partial charge in [-0.15, -0.1) is 0 Å². The fraction of sp³-hybridized carbons (Fsp3) is 0.167. The average molecular weight is 382 g/mol. The summed E-state index contributed by atoms with van der Waals surface area (Å²) < 4.78 is 2.85. The van der Waals surface area contributed by atoms with Gasteiger partial charge in [0.25, 0.3) is 0 Å². The molecule has 0 radical (unpaired) electrons. The van der Waals surface area contributed by atoms with Gasteiger partial charge in [0.1, 0.15) is 6.04 Å². The highest BCUT2D eigenvalue weighted by atomic mass is 79.9. The Hall–Kier alpha value is -2.47. The highest BCUT2D eigenvalue weighted by molar-refractivity contribution is 9.10. The number of aryl methyl sites for hydroxylation is 1. The molecule has 0 fully saturated rings. The minimum absolute atomic E-state index is 0.0369. The highest BCUT2D eigenvalue weighted by Crippen LogP contribution is 2.32. The molecule has 1 aliphatic rings. The summed E-state index contributed by atoms with van der Waals surface area (Å²) in [5, 5.41) is 15.4. The Bertz CT molecular complexity index is 881. The van der Waals surface area contributed by atoms with E-state index in [9.17, 15) is 0 Å². The molecule has 0 bridgehead atoms. The maximum Gasteiger partial charge on any atom is 0.248 e. The summed E-state index contributed by atoms with van der Waals surface area (Å²) in [7, 11) is 0. The topological polar surface area (TPSA) is 55.6 Å². The van der Waals surface area contributed by atoms with Gasteiger partial charge < -0.3 is 5.32 Å². The van der Waals surface area contributed by atoms with Crippen molar-refractivity contribution in [1.82, 2.24) is 20.2 Å². The molecule has 0 spiro atoms. The van der Waals surface area contributed by atoms with Crippen LogP contribution in [0.15, 0.2) is 59.1 Å². The van der Waals surface area contributed by atoms with Crippen LogP contribution in [0.5, 0.6) is 0 Å². The first-order chi connectivity index (χ1) is 11.7. The van der Waals surface area contributed by atoms with Crippen molar-refractivity contribution in [2.24, 2.45) is 0 Å². The number of benzene rings is 2. The van der Waals surface area contributed by atoms with Crippen LogP contribution in [0.3, 0.4) is 0 Å². The number of allylic oxidation sites excluding steroid dienone is 1. The average Bonchev–Trinajstić information content (AvgIpc) is 3.10. The van der Waals surface area contributed by atoms with Crippen molar-refractivity contribution >= 4 is 27.6 Å². The molecule has 0 aliphatic carbocycles. The predicted molar refractivity (Wildman–Crippen MR) is 97.5 cm³/mol. The molecule has 0 saturated carbocycles. The second-order valence-electron chi connectivity index (χ2n) is 5.70. The fourth-order valence-electron chi connectivity index (χ4n) is 2.84. The fourth-order valence-corrected chi connectivity index (χ4v) is 3.10. The second-order valence-corrected chi connectivity index (χ2v) is 6.61. The third-order valence-electron chi connectivity index (χ3n) is 4.21. The van der Waals surface area contributed by atoms with Crippen LogP contribution in [0.1, 0.15) is 29.7 Å². The van der Waals surface area contributed by atoms with Gasteiger partial charge in [-0.2, -0.15) is 4.68 Å². The molecular formula is C18H16BrN5. The lowest BCUT2D eigenvalue weighted by atomic mass is 10.0. The number of tetrazole rings is 1. The molecule has 6 heteroatoms. The van der Waals surface area contributed by atoms with Crippen LogP contribution >= 0.6 is 15.9 Å². The van der Waals surface area contributed by atoms with E-state index in [0.29, 0.717) is 5.95 Å². The van der Waals surface area contributed by atoms with Gasteiger partial charge in [-0.3, -0.25) is 0 Å². The quantitative estimate of drug-likeness (QED) is 0.743. The van der Waals surface area contributed by atoms with Crippen molar-refractivity contribution in [3.05, 3.63) is 75.8 Å². The summed E-state index contributed by atoms with van der Waals surface area (Å²) in [6.07, 6.45) is 3.19. The van der Waals surface area contributed by atoms with Gasteiger partial charge >= 0.3 is 0 Å². The summed E-state index contributed by atoms with van der Waals surface area (Å²) in [6, 6.07) is 16.8. The number of fused-ring (bicyclic) bond motifs is 1. The Kier molecular flexibility index (Phi) is 3.90. The number of aromatic nitrogens is 4. The Morgan fingerprint density at radius 2 is 1.83 bits per heavy atom. The Morgan fingerprint density at radius 1 is 1.08 bits per heavy atom. The van der Waals surface area contributed by atoms with Gasteiger partial charge in [-0.1, -0.05) is 64.4 Å². The summed E-state index contributed by atoms with van der Waals surface area (Å²) in [5.41, 5.74) is 4.61. The van der Waals surface area contributed by atoms with Crippen molar-refractivity contribution in [1.29, 1.82) is 0 Å². The molecular weight excluding hydrogens is 366 g/mol. The Labute approximate surface area is 148 Å². The Morgan fingerprint density at radius 3 is 2.54 bits per heavy atom. The maximum absolute atomic E-state index is 4.13. The van der Waals surface area contributed by atoms with E-state index in [4.69, 9.17) is 0 Å². The summed E-state index contributed by atoms with van der Waals surface area (Å²) in [4.78, 5) is 0. The summed E-state index contributed by atoms with van der Waals surface area (Å²) in [6.45, 7) is 2.16. The molecule has 1 N–H and O–H groups in total. The maximum atomic E-state index is 4.13. The van der Waals surface area contributed by atoms with Crippen molar-refractivity contribution < 1.29 is 0 Å². The predicted octanol–water partition coefficient (Wildman–Crippen LogP) is 4.05. The van der Waals surface area contributed by atoms with E-state index < -0.39 is 0 Å². The molecule has 0 unspecified atom stereocenters. The third-order valence-corrected chi connectivity index (χ3v) is 4.74. The largest absolute Gasteiger partial charge is 0.323 e. The molecule has 2 heterocycles. The lowest BCUT2D eigenvalue weighted by molar-refractivity contribution is 0.586. The number of hydrogen-bond acceptors (Lipinski definition) is 4.